The molecule has 0 bridgehead atoms. The van der Waals surface area contributed by atoms with Gasteiger partial charge in [0.05, 0.1) is 12.7 Å². The monoisotopic (exact) mass is 424 g/mol. The normalized spacial score (nSPS) is 26.4. The second kappa shape index (κ2) is 10.5. The number of hydrogen-bond acceptors (Lipinski definition) is 1. The number of allylic oxidation sites excluding steroid dienone is 1. The Morgan fingerprint density at radius 1 is 0.774 bits per heavy atom. The summed E-state index contributed by atoms with van der Waals surface area (Å²) in [5, 5.41) is 0. The first-order valence-electron chi connectivity index (χ1n) is 11.9. The van der Waals surface area contributed by atoms with Crippen LogP contribution in [0.4, 0.5) is 8.78 Å². The molecule has 0 radical (unpaired) electrons. The van der Waals surface area contributed by atoms with E-state index >= 15 is 0 Å². The fraction of sp³-hybridized carbons (Fsp3) is 0.500. The van der Waals surface area contributed by atoms with Crippen LogP contribution < -0.4 is 0 Å². The van der Waals surface area contributed by atoms with E-state index in [0.29, 0.717) is 36.7 Å². The molecular weight excluding hydrogens is 390 g/mol. The summed E-state index contributed by atoms with van der Waals surface area (Å²) in [6.45, 7) is 3.02. The van der Waals surface area contributed by atoms with Gasteiger partial charge in [0.2, 0.25) is 0 Å². The summed E-state index contributed by atoms with van der Waals surface area (Å²) in [4.78, 5) is 0. The van der Waals surface area contributed by atoms with Crippen LogP contribution in [0.2, 0.25) is 0 Å². The SMILES string of the molecule is CC1CCC(c2ccc(C3CCC(c4ccc(CCC=C(F)F)cc4)CC3)cc2)CO1. The Morgan fingerprint density at radius 3 is 1.74 bits per heavy atom. The van der Waals surface area contributed by atoms with Crippen LogP contribution in [0.1, 0.15) is 91.9 Å². The minimum Gasteiger partial charge on any atom is -0.378 e. The van der Waals surface area contributed by atoms with Crippen molar-refractivity contribution in [1.82, 2.24) is 0 Å². The molecule has 166 valence electrons. The van der Waals surface area contributed by atoms with Gasteiger partial charge in [-0.1, -0.05) is 48.5 Å². The molecule has 2 unspecified atom stereocenters. The van der Waals surface area contributed by atoms with Gasteiger partial charge in [-0.25, -0.2) is 0 Å². The second-order valence-corrected chi connectivity index (χ2v) is 9.41. The molecule has 31 heavy (non-hydrogen) atoms. The topological polar surface area (TPSA) is 9.23 Å². The fourth-order valence-corrected chi connectivity index (χ4v) is 5.25. The molecule has 0 spiro atoms. The van der Waals surface area contributed by atoms with E-state index < -0.39 is 6.08 Å². The molecule has 2 aliphatic rings. The van der Waals surface area contributed by atoms with E-state index in [0.717, 1.165) is 24.7 Å². The fourth-order valence-electron chi connectivity index (χ4n) is 5.25. The molecule has 2 aromatic rings. The van der Waals surface area contributed by atoms with Crippen molar-refractivity contribution in [3.8, 4) is 0 Å². The van der Waals surface area contributed by atoms with Crippen molar-refractivity contribution in [2.75, 3.05) is 6.61 Å². The maximum absolute atomic E-state index is 12.2. The lowest BCUT2D eigenvalue weighted by atomic mass is 9.76. The van der Waals surface area contributed by atoms with Gasteiger partial charge in [-0.2, -0.15) is 8.78 Å². The summed E-state index contributed by atoms with van der Waals surface area (Å²) in [6, 6.07) is 18.0. The van der Waals surface area contributed by atoms with Crippen molar-refractivity contribution in [1.29, 1.82) is 0 Å². The highest BCUT2D eigenvalue weighted by molar-refractivity contribution is 5.30. The largest absolute Gasteiger partial charge is 0.378 e. The standard InChI is InChI=1S/C28H34F2O/c1-20-5-8-27(19-31-20)26-17-15-25(16-18-26)24-13-11-23(12-14-24)22-9-6-21(7-10-22)3-2-4-28(29)30/h4,6-7,9-10,15-18,20,23-24,27H,2-3,5,8,11-14,19H2,1H3. The average molecular weight is 425 g/mol. The molecule has 1 saturated carbocycles. The van der Waals surface area contributed by atoms with E-state index in [2.05, 4.69) is 55.5 Å². The average Bonchev–Trinajstić information content (AvgIpc) is 2.80. The van der Waals surface area contributed by atoms with Gasteiger partial charge in [-0.15, -0.1) is 0 Å². The van der Waals surface area contributed by atoms with Crippen LogP contribution >= 0.6 is 0 Å². The molecule has 1 aliphatic carbocycles. The minimum atomic E-state index is -1.58. The van der Waals surface area contributed by atoms with Crippen LogP contribution in [-0.2, 0) is 11.2 Å². The van der Waals surface area contributed by atoms with Gasteiger partial charge >= 0.3 is 0 Å². The molecule has 2 atom stereocenters. The maximum atomic E-state index is 12.2. The number of hydrogen-bond donors (Lipinski definition) is 0. The van der Waals surface area contributed by atoms with Crippen LogP contribution in [0.15, 0.2) is 60.7 Å². The molecule has 3 heteroatoms. The zero-order valence-corrected chi connectivity index (χ0v) is 18.5. The second-order valence-electron chi connectivity index (χ2n) is 9.41. The molecular formula is C28H34F2O. The van der Waals surface area contributed by atoms with Gasteiger partial charge in [0.1, 0.15) is 0 Å². The maximum Gasteiger partial charge on any atom is 0.266 e. The number of aryl methyl sites for hydroxylation is 1. The van der Waals surface area contributed by atoms with Crippen molar-refractivity contribution in [3.63, 3.8) is 0 Å². The Bertz CT molecular complexity index is 836. The first kappa shape index (κ1) is 22.2. The molecule has 0 N–H and O–H groups in total. The van der Waals surface area contributed by atoms with Crippen LogP contribution in [0.5, 0.6) is 0 Å². The first-order chi connectivity index (χ1) is 15.1. The highest BCUT2D eigenvalue weighted by Gasteiger charge is 2.24. The number of benzene rings is 2. The predicted octanol–water partition coefficient (Wildman–Crippen LogP) is 8.12. The lowest BCUT2D eigenvalue weighted by Gasteiger charge is -2.30. The van der Waals surface area contributed by atoms with E-state index in [1.807, 2.05) is 0 Å². The van der Waals surface area contributed by atoms with Crippen molar-refractivity contribution in [2.45, 2.75) is 82.1 Å². The third kappa shape index (κ3) is 6.04. The summed E-state index contributed by atoms with van der Waals surface area (Å²) in [6.07, 6.45) is 8.19. The minimum absolute atomic E-state index is 0.401. The molecule has 4 rings (SSSR count). The van der Waals surface area contributed by atoms with Crippen LogP contribution in [0, 0.1) is 0 Å². The van der Waals surface area contributed by atoms with Crippen molar-refractivity contribution >= 4 is 0 Å². The number of rotatable bonds is 6. The lowest BCUT2D eigenvalue weighted by Crippen LogP contribution is -2.22. The van der Waals surface area contributed by atoms with E-state index in [-0.39, 0.29) is 0 Å². The third-order valence-electron chi connectivity index (χ3n) is 7.29. The molecule has 1 nitrogen and oxygen atoms in total. The van der Waals surface area contributed by atoms with E-state index in [1.54, 1.807) is 0 Å². The number of halogens is 2. The van der Waals surface area contributed by atoms with Gasteiger partial charge in [0.15, 0.2) is 0 Å². The van der Waals surface area contributed by atoms with E-state index in [9.17, 15) is 8.78 Å². The third-order valence-corrected chi connectivity index (χ3v) is 7.29. The molecule has 2 fully saturated rings. The summed E-state index contributed by atoms with van der Waals surface area (Å²) < 4.78 is 30.2. The van der Waals surface area contributed by atoms with E-state index in [1.165, 1.54) is 48.8 Å². The zero-order chi connectivity index (χ0) is 21.6. The first-order valence-corrected chi connectivity index (χ1v) is 11.9. The Balaban J connectivity index is 1.28. The smallest absolute Gasteiger partial charge is 0.266 e. The van der Waals surface area contributed by atoms with Gasteiger partial charge < -0.3 is 4.74 Å². The van der Waals surface area contributed by atoms with Gasteiger partial charge in [-0.3, -0.25) is 0 Å². The van der Waals surface area contributed by atoms with Gasteiger partial charge in [0.25, 0.3) is 6.08 Å². The Kier molecular flexibility index (Phi) is 7.55. The van der Waals surface area contributed by atoms with E-state index in [4.69, 9.17) is 4.74 Å². The summed E-state index contributed by atoms with van der Waals surface area (Å²) in [7, 11) is 0. The van der Waals surface area contributed by atoms with Crippen molar-refractivity contribution < 1.29 is 13.5 Å². The molecule has 1 aliphatic heterocycles. The Hall–Kier alpha value is -2.00. The lowest BCUT2D eigenvalue weighted by molar-refractivity contribution is 0.0155. The zero-order valence-electron chi connectivity index (χ0n) is 18.5. The predicted molar refractivity (Wildman–Crippen MR) is 123 cm³/mol. The molecule has 2 aromatic carbocycles. The molecule has 1 heterocycles. The quantitative estimate of drug-likeness (QED) is 0.455. The summed E-state index contributed by atoms with van der Waals surface area (Å²) in [5.41, 5.74) is 5.44. The van der Waals surface area contributed by atoms with Crippen LogP contribution in [0.25, 0.3) is 0 Å². The van der Waals surface area contributed by atoms with Crippen LogP contribution in [-0.4, -0.2) is 12.7 Å². The molecule has 1 saturated heterocycles. The summed E-state index contributed by atoms with van der Waals surface area (Å²) in [5.74, 6) is 1.83. The van der Waals surface area contributed by atoms with Gasteiger partial charge in [0, 0.05) is 5.92 Å². The van der Waals surface area contributed by atoms with Crippen LogP contribution in [0.3, 0.4) is 0 Å². The Morgan fingerprint density at radius 2 is 1.26 bits per heavy atom. The highest BCUT2D eigenvalue weighted by Crippen LogP contribution is 2.41. The summed E-state index contributed by atoms with van der Waals surface area (Å²) >= 11 is 0. The van der Waals surface area contributed by atoms with Crippen molar-refractivity contribution in [2.24, 2.45) is 0 Å². The van der Waals surface area contributed by atoms with Gasteiger partial charge in [-0.05, 0) is 98.5 Å². The molecule has 0 amide bonds. The van der Waals surface area contributed by atoms with Crippen molar-refractivity contribution in [3.05, 3.63) is 82.9 Å². The molecule has 0 aromatic heterocycles. The Labute approximate surface area is 185 Å². The number of ether oxygens (including phenoxy) is 1. The highest BCUT2D eigenvalue weighted by atomic mass is 19.3.